The summed E-state index contributed by atoms with van der Waals surface area (Å²) in [7, 11) is 3.91. The molecule has 0 saturated heterocycles. The highest BCUT2D eigenvalue weighted by molar-refractivity contribution is 5.02. The number of nitrogens with one attached hydrogen (secondary N) is 1. The molecule has 0 aromatic carbocycles. The molecule has 5 nitrogen and oxygen atoms in total. The second kappa shape index (κ2) is 6.62. The van der Waals surface area contributed by atoms with Gasteiger partial charge in [0.25, 0.3) is 0 Å². The van der Waals surface area contributed by atoms with Gasteiger partial charge in [-0.3, -0.25) is 9.58 Å². The van der Waals surface area contributed by atoms with Gasteiger partial charge in [-0.25, -0.2) is 0 Å². The molecule has 1 unspecified atom stereocenters. The number of hydrogen-bond acceptors (Lipinski definition) is 4. The van der Waals surface area contributed by atoms with Crippen molar-refractivity contribution in [3.05, 3.63) is 18.0 Å². The third-order valence-corrected chi connectivity index (χ3v) is 2.36. The zero-order valence-electron chi connectivity index (χ0n) is 10.3. The Morgan fingerprint density at radius 2 is 2.38 bits per heavy atom. The first kappa shape index (κ1) is 13.2. The Hall–Kier alpha value is -0.910. The normalized spacial score (nSPS) is 13.3. The van der Waals surface area contributed by atoms with Gasteiger partial charge >= 0.3 is 0 Å². The SMILES string of the molecule is CCNCC(O)CN(C)Cc1cnn(C)c1. The maximum atomic E-state index is 9.71. The van der Waals surface area contributed by atoms with Gasteiger partial charge in [-0.15, -0.1) is 0 Å². The second-order valence-corrected chi connectivity index (χ2v) is 4.18. The van der Waals surface area contributed by atoms with Crippen LogP contribution in [0.4, 0.5) is 0 Å². The first-order chi connectivity index (χ1) is 7.61. The molecule has 0 amide bonds. The van der Waals surface area contributed by atoms with Gasteiger partial charge in [0.15, 0.2) is 0 Å². The summed E-state index contributed by atoms with van der Waals surface area (Å²) in [6.45, 7) is 5.06. The predicted molar refractivity (Wildman–Crippen MR) is 64.1 cm³/mol. The average Bonchev–Trinajstić information content (AvgIpc) is 2.60. The molecule has 1 aromatic heterocycles. The first-order valence-electron chi connectivity index (χ1n) is 5.66. The van der Waals surface area contributed by atoms with Crippen molar-refractivity contribution >= 4 is 0 Å². The summed E-state index contributed by atoms with van der Waals surface area (Å²) >= 11 is 0. The molecule has 92 valence electrons. The molecule has 1 rings (SSSR count). The number of hydrogen-bond donors (Lipinski definition) is 2. The van der Waals surface area contributed by atoms with Crippen LogP contribution in [0.3, 0.4) is 0 Å². The van der Waals surface area contributed by atoms with Crippen molar-refractivity contribution in [2.24, 2.45) is 7.05 Å². The monoisotopic (exact) mass is 226 g/mol. The summed E-state index contributed by atoms with van der Waals surface area (Å²) in [6.07, 6.45) is 3.53. The van der Waals surface area contributed by atoms with Crippen molar-refractivity contribution in [3.8, 4) is 0 Å². The van der Waals surface area contributed by atoms with E-state index >= 15 is 0 Å². The molecule has 0 aliphatic carbocycles. The molecule has 0 spiro atoms. The molecule has 16 heavy (non-hydrogen) atoms. The van der Waals surface area contributed by atoms with Gasteiger partial charge in [0.05, 0.1) is 12.3 Å². The van der Waals surface area contributed by atoms with E-state index in [1.807, 2.05) is 33.4 Å². The van der Waals surface area contributed by atoms with Crippen LogP contribution in [0.5, 0.6) is 0 Å². The molecule has 0 aliphatic rings. The van der Waals surface area contributed by atoms with Crippen LogP contribution in [0, 0.1) is 0 Å². The van der Waals surface area contributed by atoms with E-state index in [2.05, 4.69) is 15.3 Å². The van der Waals surface area contributed by atoms with Crippen molar-refractivity contribution in [2.75, 3.05) is 26.7 Å². The summed E-state index contributed by atoms with van der Waals surface area (Å²) in [4.78, 5) is 2.10. The number of aryl methyl sites for hydroxylation is 1. The fourth-order valence-electron chi connectivity index (χ4n) is 1.67. The smallest absolute Gasteiger partial charge is 0.0791 e. The standard InChI is InChI=1S/C11H22N4O/c1-4-12-6-11(16)9-14(2)7-10-5-13-15(3)8-10/h5,8,11-12,16H,4,6-7,9H2,1-3H3. The Bertz CT molecular complexity index is 300. The number of rotatable bonds is 7. The number of nitrogens with zero attached hydrogens (tertiary/aromatic N) is 3. The molecule has 1 heterocycles. The van der Waals surface area contributed by atoms with Gasteiger partial charge in [0, 0.05) is 38.4 Å². The van der Waals surface area contributed by atoms with Gasteiger partial charge in [-0.1, -0.05) is 6.92 Å². The van der Waals surface area contributed by atoms with Crippen molar-refractivity contribution in [3.63, 3.8) is 0 Å². The van der Waals surface area contributed by atoms with E-state index in [0.717, 1.165) is 13.1 Å². The topological polar surface area (TPSA) is 53.3 Å². The Morgan fingerprint density at radius 3 is 2.94 bits per heavy atom. The molecule has 1 aromatic rings. The Balaban J connectivity index is 2.27. The third-order valence-electron chi connectivity index (χ3n) is 2.36. The minimum Gasteiger partial charge on any atom is -0.390 e. The largest absolute Gasteiger partial charge is 0.390 e. The van der Waals surface area contributed by atoms with Crippen LogP contribution in [-0.2, 0) is 13.6 Å². The number of likely N-dealkylation sites (N-methyl/N-ethyl adjacent to an activating group) is 2. The van der Waals surface area contributed by atoms with E-state index < -0.39 is 0 Å². The van der Waals surface area contributed by atoms with Crippen molar-refractivity contribution in [1.82, 2.24) is 20.0 Å². The molecular formula is C11H22N4O. The summed E-state index contributed by atoms with van der Waals surface area (Å²) < 4.78 is 1.79. The summed E-state index contributed by atoms with van der Waals surface area (Å²) in [6, 6.07) is 0. The van der Waals surface area contributed by atoms with Crippen LogP contribution in [0.2, 0.25) is 0 Å². The average molecular weight is 226 g/mol. The summed E-state index contributed by atoms with van der Waals surface area (Å²) in [5.41, 5.74) is 1.17. The van der Waals surface area contributed by atoms with Gasteiger partial charge in [-0.05, 0) is 13.6 Å². The Kier molecular flexibility index (Phi) is 5.45. The quantitative estimate of drug-likeness (QED) is 0.677. The molecule has 5 heteroatoms. The lowest BCUT2D eigenvalue weighted by atomic mass is 10.3. The van der Waals surface area contributed by atoms with Crippen molar-refractivity contribution < 1.29 is 5.11 Å². The molecule has 0 saturated carbocycles. The number of aromatic nitrogens is 2. The van der Waals surface area contributed by atoms with E-state index in [0.29, 0.717) is 13.1 Å². The van der Waals surface area contributed by atoms with Gasteiger partial charge < -0.3 is 10.4 Å². The summed E-state index contributed by atoms with van der Waals surface area (Å²) in [5, 5.41) is 17.0. The van der Waals surface area contributed by atoms with Crippen LogP contribution >= 0.6 is 0 Å². The van der Waals surface area contributed by atoms with Gasteiger partial charge in [-0.2, -0.15) is 5.10 Å². The zero-order valence-corrected chi connectivity index (χ0v) is 10.3. The van der Waals surface area contributed by atoms with E-state index in [4.69, 9.17) is 0 Å². The molecule has 2 N–H and O–H groups in total. The number of aliphatic hydroxyl groups is 1. The third kappa shape index (κ3) is 4.74. The van der Waals surface area contributed by atoms with E-state index in [-0.39, 0.29) is 6.10 Å². The molecular weight excluding hydrogens is 204 g/mol. The lowest BCUT2D eigenvalue weighted by Crippen LogP contribution is -2.36. The summed E-state index contributed by atoms with van der Waals surface area (Å²) in [5.74, 6) is 0. The lowest BCUT2D eigenvalue weighted by Gasteiger charge is -2.19. The second-order valence-electron chi connectivity index (χ2n) is 4.18. The Morgan fingerprint density at radius 1 is 1.62 bits per heavy atom. The van der Waals surface area contributed by atoms with Crippen LogP contribution in [-0.4, -0.2) is 52.6 Å². The number of aliphatic hydroxyl groups excluding tert-OH is 1. The lowest BCUT2D eigenvalue weighted by molar-refractivity contribution is 0.122. The van der Waals surface area contributed by atoms with Crippen LogP contribution < -0.4 is 5.32 Å². The van der Waals surface area contributed by atoms with E-state index in [1.165, 1.54) is 5.56 Å². The fourth-order valence-corrected chi connectivity index (χ4v) is 1.67. The predicted octanol–water partition coefficient (Wildman–Crippen LogP) is -0.178. The molecule has 1 atom stereocenters. The van der Waals surface area contributed by atoms with Gasteiger partial charge in [0.2, 0.25) is 0 Å². The van der Waals surface area contributed by atoms with Gasteiger partial charge in [0.1, 0.15) is 0 Å². The highest BCUT2D eigenvalue weighted by Gasteiger charge is 2.08. The highest BCUT2D eigenvalue weighted by Crippen LogP contribution is 2.01. The van der Waals surface area contributed by atoms with Crippen molar-refractivity contribution in [1.29, 1.82) is 0 Å². The fraction of sp³-hybridized carbons (Fsp3) is 0.727. The maximum absolute atomic E-state index is 9.71. The Labute approximate surface area is 97.1 Å². The van der Waals surface area contributed by atoms with Crippen molar-refractivity contribution in [2.45, 2.75) is 19.6 Å². The zero-order chi connectivity index (χ0) is 12.0. The molecule has 0 aliphatic heterocycles. The minimum absolute atomic E-state index is 0.318. The van der Waals surface area contributed by atoms with E-state index in [9.17, 15) is 5.11 Å². The van der Waals surface area contributed by atoms with Crippen LogP contribution in [0.25, 0.3) is 0 Å². The molecule has 0 fully saturated rings. The molecule has 0 radical (unpaired) electrons. The van der Waals surface area contributed by atoms with Crippen LogP contribution in [0.1, 0.15) is 12.5 Å². The van der Waals surface area contributed by atoms with Crippen LogP contribution in [0.15, 0.2) is 12.4 Å². The first-order valence-corrected chi connectivity index (χ1v) is 5.66. The minimum atomic E-state index is -0.318. The molecule has 0 bridgehead atoms. The highest BCUT2D eigenvalue weighted by atomic mass is 16.3. The maximum Gasteiger partial charge on any atom is 0.0791 e. The van der Waals surface area contributed by atoms with E-state index in [1.54, 1.807) is 4.68 Å².